The lowest BCUT2D eigenvalue weighted by atomic mass is 10.0. The molecule has 0 saturated heterocycles. The van der Waals surface area contributed by atoms with Crippen molar-refractivity contribution >= 4 is 40.6 Å². The molecule has 4 aromatic rings. The number of methoxy groups -OCH3 is 2. The van der Waals surface area contributed by atoms with Gasteiger partial charge in [0.05, 0.1) is 14.2 Å². The lowest BCUT2D eigenvalue weighted by Gasteiger charge is -2.25. The number of carbonyl (C=O) groups is 4. The van der Waals surface area contributed by atoms with Crippen molar-refractivity contribution in [1.82, 2.24) is 10.6 Å². The topological polar surface area (TPSA) is 117 Å². The van der Waals surface area contributed by atoms with Gasteiger partial charge in [-0.1, -0.05) is 60.7 Å². The smallest absolute Gasteiger partial charge is 0.274 e. The SMILES string of the molecule is COc1ccc(N(C)C(=O)/C(NC(=O)CC(=O)N[C@@H](Cc2ccccc2)C(=O)N(C)c2ccc(OC)cc2)=C(\C)c2ccccc2)cc1. The molecule has 4 aromatic carbocycles. The number of ether oxygens (including phenoxy) is 2. The molecule has 0 aromatic heterocycles. The quantitative estimate of drug-likeness (QED) is 0.156. The fraction of sp³-hybridized carbons (Fsp3) is 0.211. The molecule has 0 unspecified atom stereocenters. The van der Waals surface area contributed by atoms with Crippen molar-refractivity contribution < 1.29 is 28.7 Å². The van der Waals surface area contributed by atoms with Gasteiger partial charge in [-0.2, -0.15) is 0 Å². The van der Waals surface area contributed by atoms with E-state index < -0.39 is 30.2 Å². The molecular formula is C38H40N4O6. The van der Waals surface area contributed by atoms with E-state index in [2.05, 4.69) is 10.6 Å². The van der Waals surface area contributed by atoms with E-state index >= 15 is 0 Å². The normalized spacial score (nSPS) is 11.8. The second-order valence-electron chi connectivity index (χ2n) is 11.1. The van der Waals surface area contributed by atoms with E-state index in [4.69, 9.17) is 9.47 Å². The molecule has 0 aliphatic heterocycles. The van der Waals surface area contributed by atoms with Gasteiger partial charge in [0.25, 0.3) is 5.91 Å². The van der Waals surface area contributed by atoms with Crippen molar-refractivity contribution in [2.24, 2.45) is 0 Å². The highest BCUT2D eigenvalue weighted by molar-refractivity contribution is 6.13. The summed E-state index contributed by atoms with van der Waals surface area (Å²) in [5, 5.41) is 5.44. The number of anilines is 2. The first-order valence-electron chi connectivity index (χ1n) is 15.3. The van der Waals surface area contributed by atoms with E-state index in [9.17, 15) is 19.2 Å². The summed E-state index contributed by atoms with van der Waals surface area (Å²) in [6, 6.07) is 31.4. The second-order valence-corrected chi connectivity index (χ2v) is 11.1. The highest BCUT2D eigenvalue weighted by Crippen LogP contribution is 2.23. The number of likely N-dealkylation sites (N-methyl/N-ethyl adjacent to an activating group) is 2. The van der Waals surface area contributed by atoms with Crippen molar-refractivity contribution in [1.29, 1.82) is 0 Å². The Bertz CT molecular complexity index is 1740. The Morgan fingerprint density at radius 1 is 0.667 bits per heavy atom. The number of amides is 4. The van der Waals surface area contributed by atoms with Crippen molar-refractivity contribution in [3.8, 4) is 11.5 Å². The first-order valence-corrected chi connectivity index (χ1v) is 15.3. The van der Waals surface area contributed by atoms with Crippen molar-refractivity contribution in [2.75, 3.05) is 38.1 Å². The summed E-state index contributed by atoms with van der Waals surface area (Å²) >= 11 is 0. The van der Waals surface area contributed by atoms with E-state index in [0.29, 0.717) is 28.4 Å². The molecular weight excluding hydrogens is 608 g/mol. The van der Waals surface area contributed by atoms with Crippen LogP contribution in [0.15, 0.2) is 115 Å². The molecule has 0 aliphatic carbocycles. The molecule has 4 rings (SSSR count). The molecule has 10 nitrogen and oxygen atoms in total. The number of benzene rings is 4. The number of nitrogens with one attached hydrogen (secondary N) is 2. The van der Waals surface area contributed by atoms with Crippen LogP contribution in [0.2, 0.25) is 0 Å². The van der Waals surface area contributed by atoms with Crippen molar-refractivity contribution in [3.05, 3.63) is 126 Å². The fourth-order valence-corrected chi connectivity index (χ4v) is 5.02. The minimum absolute atomic E-state index is 0.0217. The summed E-state index contributed by atoms with van der Waals surface area (Å²) in [5.74, 6) is -0.942. The van der Waals surface area contributed by atoms with Gasteiger partial charge in [-0.05, 0) is 72.2 Å². The highest BCUT2D eigenvalue weighted by Gasteiger charge is 2.28. The summed E-state index contributed by atoms with van der Waals surface area (Å²) < 4.78 is 10.4. The predicted octanol–water partition coefficient (Wildman–Crippen LogP) is 4.99. The zero-order chi connectivity index (χ0) is 34.6. The number of hydrogen-bond acceptors (Lipinski definition) is 6. The molecule has 0 heterocycles. The van der Waals surface area contributed by atoms with Crippen LogP contribution in [-0.4, -0.2) is 58.0 Å². The minimum Gasteiger partial charge on any atom is -0.497 e. The Morgan fingerprint density at radius 3 is 1.69 bits per heavy atom. The van der Waals surface area contributed by atoms with E-state index in [1.807, 2.05) is 60.7 Å². The third-order valence-electron chi connectivity index (χ3n) is 7.85. The van der Waals surface area contributed by atoms with Gasteiger partial charge < -0.3 is 29.9 Å². The van der Waals surface area contributed by atoms with Gasteiger partial charge in [-0.15, -0.1) is 0 Å². The van der Waals surface area contributed by atoms with Crippen LogP contribution in [0.3, 0.4) is 0 Å². The van der Waals surface area contributed by atoms with E-state index in [-0.39, 0.29) is 18.0 Å². The lowest BCUT2D eigenvalue weighted by Crippen LogP contribution is -2.49. The molecule has 0 bridgehead atoms. The number of nitrogens with zero attached hydrogens (tertiary/aromatic N) is 2. The molecule has 10 heteroatoms. The first kappa shape index (κ1) is 35.0. The Kier molecular flexibility index (Phi) is 12.1. The molecule has 248 valence electrons. The van der Waals surface area contributed by atoms with E-state index in [1.165, 1.54) is 9.80 Å². The first-order chi connectivity index (χ1) is 23.1. The lowest BCUT2D eigenvalue weighted by molar-refractivity contribution is -0.132. The van der Waals surface area contributed by atoms with Crippen LogP contribution in [0.5, 0.6) is 11.5 Å². The molecule has 0 spiro atoms. The molecule has 0 radical (unpaired) electrons. The Balaban J connectivity index is 1.54. The Labute approximate surface area is 281 Å². The van der Waals surface area contributed by atoms with Crippen LogP contribution >= 0.6 is 0 Å². The van der Waals surface area contributed by atoms with Gasteiger partial charge in [-0.25, -0.2) is 0 Å². The third kappa shape index (κ3) is 9.10. The van der Waals surface area contributed by atoms with Crippen LogP contribution in [0.4, 0.5) is 11.4 Å². The van der Waals surface area contributed by atoms with Gasteiger partial charge in [0.15, 0.2) is 0 Å². The standard InChI is InChI=1S/C38H40N4O6/c1-26(28-14-10-7-11-15-28)36(38(46)42(3)30-18-22-32(48-5)23-19-30)40-35(44)25-34(43)39-33(24-27-12-8-6-9-13-27)37(45)41(2)29-16-20-31(47-4)21-17-29/h6-23,33H,24-25H2,1-5H3,(H,39,43)(H,40,44)/b36-26-/t33-/m0/s1. The van der Waals surface area contributed by atoms with Gasteiger partial charge in [0, 0.05) is 31.9 Å². The maximum atomic E-state index is 13.8. The zero-order valence-corrected chi connectivity index (χ0v) is 27.7. The predicted molar refractivity (Wildman–Crippen MR) is 187 cm³/mol. The Morgan fingerprint density at radius 2 is 1.17 bits per heavy atom. The number of allylic oxidation sites excluding steroid dienone is 1. The van der Waals surface area contributed by atoms with Crippen LogP contribution in [0, 0.1) is 0 Å². The van der Waals surface area contributed by atoms with Crippen LogP contribution in [0.25, 0.3) is 5.57 Å². The molecule has 2 N–H and O–H groups in total. The third-order valence-corrected chi connectivity index (χ3v) is 7.85. The monoisotopic (exact) mass is 648 g/mol. The summed E-state index contributed by atoms with van der Waals surface area (Å²) in [7, 11) is 6.33. The zero-order valence-electron chi connectivity index (χ0n) is 27.7. The molecule has 0 aliphatic rings. The molecule has 4 amide bonds. The molecule has 0 fully saturated rings. The summed E-state index contributed by atoms with van der Waals surface area (Å²) in [6.07, 6.45) is -0.410. The van der Waals surface area contributed by atoms with Crippen LogP contribution in [-0.2, 0) is 25.6 Å². The summed E-state index contributed by atoms with van der Waals surface area (Å²) in [5.41, 5.74) is 3.29. The number of carbonyl (C=O) groups excluding carboxylic acids is 4. The van der Waals surface area contributed by atoms with Gasteiger partial charge in [-0.3, -0.25) is 19.2 Å². The Hall–Kier alpha value is -5.90. The van der Waals surface area contributed by atoms with Gasteiger partial charge >= 0.3 is 0 Å². The van der Waals surface area contributed by atoms with Crippen molar-refractivity contribution in [2.45, 2.75) is 25.8 Å². The molecule has 0 saturated carbocycles. The summed E-state index contributed by atoms with van der Waals surface area (Å²) in [6.45, 7) is 1.73. The van der Waals surface area contributed by atoms with Gasteiger partial charge in [0.1, 0.15) is 29.7 Å². The minimum atomic E-state index is -0.969. The average molecular weight is 649 g/mol. The maximum Gasteiger partial charge on any atom is 0.274 e. The molecule has 1 atom stereocenters. The fourth-order valence-electron chi connectivity index (χ4n) is 5.02. The van der Waals surface area contributed by atoms with Crippen LogP contribution < -0.4 is 29.9 Å². The van der Waals surface area contributed by atoms with Crippen molar-refractivity contribution in [3.63, 3.8) is 0 Å². The number of rotatable bonds is 13. The second kappa shape index (κ2) is 16.6. The average Bonchev–Trinajstić information content (AvgIpc) is 3.12. The van der Waals surface area contributed by atoms with E-state index in [0.717, 1.165) is 11.1 Å². The molecule has 48 heavy (non-hydrogen) atoms. The van der Waals surface area contributed by atoms with Crippen LogP contribution in [0.1, 0.15) is 24.5 Å². The highest BCUT2D eigenvalue weighted by atomic mass is 16.5. The maximum absolute atomic E-state index is 13.8. The largest absolute Gasteiger partial charge is 0.497 e. The van der Waals surface area contributed by atoms with E-state index in [1.54, 1.807) is 83.8 Å². The number of hydrogen-bond donors (Lipinski definition) is 2. The summed E-state index contributed by atoms with van der Waals surface area (Å²) in [4.78, 5) is 57.1. The van der Waals surface area contributed by atoms with Gasteiger partial charge in [0.2, 0.25) is 17.7 Å².